The first-order valence-electron chi connectivity index (χ1n) is 16.5. The number of rotatable bonds is 4. The molecule has 2 aliphatic heterocycles. The number of halogens is 5. The Morgan fingerprint density at radius 2 is 1.57 bits per heavy atom. The van der Waals surface area contributed by atoms with Gasteiger partial charge in [-0.25, -0.2) is 0 Å². The number of nitrogens with zero attached hydrogens (tertiary/aromatic N) is 1. The summed E-state index contributed by atoms with van der Waals surface area (Å²) in [6.07, 6.45) is 3.49. The molecule has 1 fully saturated rings. The third-order valence-corrected chi connectivity index (χ3v) is 10.1. The lowest BCUT2D eigenvalue weighted by Crippen LogP contribution is -2.43. The third kappa shape index (κ3) is 8.98. The van der Waals surface area contributed by atoms with Gasteiger partial charge in [-0.15, -0.1) is 0 Å². The summed E-state index contributed by atoms with van der Waals surface area (Å²) in [6, 6.07) is 3.04. The van der Waals surface area contributed by atoms with E-state index in [1.807, 2.05) is 46.4 Å². The SMILES string of the molecule is CC.CC(C)c1nc2c(c3c1[C@@H](c1ccc(S(F)(F)(F)(F)F)cc1)OC31CCOCC1C)[C@@H](O)CC(C)(C)C2.CCC.CCSC. The molecule has 1 saturated heterocycles. The van der Waals surface area contributed by atoms with Gasteiger partial charge in [0.2, 0.25) is 0 Å². The standard InChI is InChI=1S/C27H34F5NO3S.C3H8S.C3H8.C2H6/c1-15(2)24-22-23(21-19(33-24)12-26(4,5)13-20(21)34)27(10-11-35-14-16(27)3)36-25(22)17-6-8-18(9-7-17)37(28,29,30,31)32;1-3-4-2;1-3-2;1-2/h6-9,15-16,20,25,34H,10-14H2,1-5H3;3H2,1-2H3;3H2,1-2H3;1-2H3/t16?,20-,25+,27?;;;/m0.../s1. The molecule has 2 unspecified atom stereocenters. The van der Waals surface area contributed by atoms with E-state index in [4.69, 9.17) is 14.5 Å². The second-order valence-corrected chi connectivity index (χ2v) is 16.9. The van der Waals surface area contributed by atoms with Crippen molar-refractivity contribution in [3.05, 3.63) is 57.9 Å². The molecule has 1 N–H and O–H groups in total. The van der Waals surface area contributed by atoms with Crippen molar-refractivity contribution in [2.45, 2.75) is 124 Å². The Labute approximate surface area is 278 Å². The summed E-state index contributed by atoms with van der Waals surface area (Å²) in [5, 5.41) is 11.4. The van der Waals surface area contributed by atoms with Crippen LogP contribution in [0.1, 0.15) is 140 Å². The lowest BCUT2D eigenvalue weighted by Gasteiger charge is -2.43. The van der Waals surface area contributed by atoms with Crippen LogP contribution in [0.3, 0.4) is 0 Å². The van der Waals surface area contributed by atoms with E-state index < -0.39 is 32.9 Å². The highest BCUT2D eigenvalue weighted by Crippen LogP contribution is 3.02. The van der Waals surface area contributed by atoms with Crippen LogP contribution >= 0.6 is 22.0 Å². The first-order valence-corrected chi connectivity index (χ1v) is 19.8. The molecule has 0 saturated carbocycles. The molecule has 2 aromatic rings. The highest BCUT2D eigenvalue weighted by Gasteiger charge is 2.65. The van der Waals surface area contributed by atoms with Crippen LogP contribution in [-0.4, -0.2) is 35.3 Å². The van der Waals surface area contributed by atoms with E-state index in [9.17, 15) is 24.5 Å². The highest BCUT2D eigenvalue weighted by atomic mass is 32.5. The van der Waals surface area contributed by atoms with E-state index in [2.05, 4.69) is 40.9 Å². The predicted octanol–water partition coefficient (Wildman–Crippen LogP) is 12.1. The molecular formula is C35H56F5NO3S2. The summed E-state index contributed by atoms with van der Waals surface area (Å²) < 4.78 is 79.6. The number of benzene rings is 1. The lowest BCUT2D eigenvalue weighted by molar-refractivity contribution is -0.157. The second-order valence-electron chi connectivity index (χ2n) is 13.3. The van der Waals surface area contributed by atoms with Crippen LogP contribution in [-0.2, 0) is 21.5 Å². The largest absolute Gasteiger partial charge is 0.388 e. The zero-order valence-electron chi connectivity index (χ0n) is 29.5. The number of pyridine rings is 1. The Hall–Kier alpha value is -1.40. The monoisotopic (exact) mass is 697 g/mol. The van der Waals surface area contributed by atoms with Gasteiger partial charge in [-0.3, -0.25) is 4.98 Å². The van der Waals surface area contributed by atoms with Gasteiger partial charge < -0.3 is 14.6 Å². The molecule has 4 atom stereocenters. The van der Waals surface area contributed by atoms with E-state index in [1.54, 1.807) is 0 Å². The van der Waals surface area contributed by atoms with Gasteiger partial charge in [0.1, 0.15) is 16.6 Å². The van der Waals surface area contributed by atoms with Crippen LogP contribution in [0.2, 0.25) is 0 Å². The van der Waals surface area contributed by atoms with Gasteiger partial charge in [0.25, 0.3) is 0 Å². The third-order valence-electron chi connectivity index (χ3n) is 8.37. The Morgan fingerprint density at radius 3 is 2.02 bits per heavy atom. The van der Waals surface area contributed by atoms with Crippen molar-refractivity contribution in [3.8, 4) is 0 Å². The van der Waals surface area contributed by atoms with E-state index in [0.29, 0.717) is 50.2 Å². The topological polar surface area (TPSA) is 51.6 Å². The summed E-state index contributed by atoms with van der Waals surface area (Å²) in [4.78, 5) is 3.09. The molecule has 46 heavy (non-hydrogen) atoms. The van der Waals surface area contributed by atoms with Crippen LogP contribution in [0.25, 0.3) is 0 Å². The number of thioether (sulfide) groups is 1. The first kappa shape index (κ1) is 40.8. The number of ether oxygens (including phenoxy) is 2. The normalized spacial score (nSPS) is 26.2. The van der Waals surface area contributed by atoms with Crippen molar-refractivity contribution in [3.63, 3.8) is 0 Å². The summed E-state index contributed by atoms with van der Waals surface area (Å²) >= 11 is 1.86. The van der Waals surface area contributed by atoms with Crippen molar-refractivity contribution >= 4 is 22.0 Å². The molecule has 1 aliphatic carbocycles. The van der Waals surface area contributed by atoms with Crippen molar-refractivity contribution < 1.29 is 34.0 Å². The van der Waals surface area contributed by atoms with E-state index in [1.165, 1.54) is 12.2 Å². The number of aliphatic hydroxyl groups is 1. The van der Waals surface area contributed by atoms with Gasteiger partial charge in [0, 0.05) is 41.5 Å². The van der Waals surface area contributed by atoms with Crippen LogP contribution in [0, 0.1) is 11.3 Å². The molecule has 266 valence electrons. The maximum absolute atomic E-state index is 13.4. The molecule has 4 nitrogen and oxygen atoms in total. The molecule has 5 rings (SSSR count). The quantitative estimate of drug-likeness (QED) is 0.322. The van der Waals surface area contributed by atoms with Crippen LogP contribution < -0.4 is 0 Å². The minimum Gasteiger partial charge on any atom is -0.388 e. The molecule has 1 aromatic carbocycles. The minimum absolute atomic E-state index is 0.0402. The number of aliphatic hydroxyl groups excluding tert-OH is 1. The Kier molecular flexibility index (Phi) is 12.9. The van der Waals surface area contributed by atoms with E-state index in [0.717, 1.165) is 40.2 Å². The predicted molar refractivity (Wildman–Crippen MR) is 184 cm³/mol. The molecule has 1 aromatic heterocycles. The van der Waals surface area contributed by atoms with Crippen LogP contribution in [0.4, 0.5) is 19.4 Å². The molecule has 0 bridgehead atoms. The van der Waals surface area contributed by atoms with E-state index in [-0.39, 0.29) is 17.3 Å². The van der Waals surface area contributed by atoms with Gasteiger partial charge in [0.05, 0.1) is 12.7 Å². The van der Waals surface area contributed by atoms with Crippen LogP contribution in [0.15, 0.2) is 29.2 Å². The maximum Gasteiger partial charge on any atom is 0.310 e. The smallest absolute Gasteiger partial charge is 0.310 e. The molecule has 11 heteroatoms. The fourth-order valence-electron chi connectivity index (χ4n) is 6.36. The Morgan fingerprint density at radius 1 is 1.02 bits per heavy atom. The summed E-state index contributed by atoms with van der Waals surface area (Å²) in [5.74, 6) is 1.09. The summed E-state index contributed by atoms with van der Waals surface area (Å²) in [6.45, 7) is 21.4. The van der Waals surface area contributed by atoms with Crippen molar-refractivity contribution in [2.24, 2.45) is 11.3 Å². The molecule has 0 radical (unpaired) electrons. The Balaban J connectivity index is 0.000000736. The van der Waals surface area contributed by atoms with Crippen molar-refractivity contribution in [1.82, 2.24) is 4.98 Å². The molecule has 3 heterocycles. The molecular weight excluding hydrogens is 642 g/mol. The van der Waals surface area contributed by atoms with Gasteiger partial charge >= 0.3 is 10.2 Å². The summed E-state index contributed by atoms with van der Waals surface area (Å²) in [7, 11) is -9.81. The van der Waals surface area contributed by atoms with Gasteiger partial charge in [-0.2, -0.15) is 11.8 Å². The van der Waals surface area contributed by atoms with Gasteiger partial charge in [-0.05, 0) is 59.4 Å². The fourth-order valence-corrected chi connectivity index (χ4v) is 7.01. The average molecular weight is 698 g/mol. The van der Waals surface area contributed by atoms with Gasteiger partial charge in [-0.1, -0.05) is 107 Å². The number of fused-ring (bicyclic) bond motifs is 4. The maximum atomic E-state index is 13.4. The van der Waals surface area contributed by atoms with E-state index >= 15 is 0 Å². The van der Waals surface area contributed by atoms with Crippen molar-refractivity contribution in [2.75, 3.05) is 25.2 Å². The number of aromatic nitrogens is 1. The van der Waals surface area contributed by atoms with Crippen molar-refractivity contribution in [1.29, 1.82) is 0 Å². The zero-order chi connectivity index (χ0) is 35.4. The molecule has 3 aliphatic rings. The molecule has 0 amide bonds. The second kappa shape index (κ2) is 14.6. The minimum atomic E-state index is -9.81. The zero-order valence-corrected chi connectivity index (χ0v) is 31.1. The van der Waals surface area contributed by atoms with Gasteiger partial charge in [0.15, 0.2) is 0 Å². The lowest BCUT2D eigenvalue weighted by atomic mass is 9.68. The average Bonchev–Trinajstić information content (AvgIpc) is 3.29. The Bertz CT molecular complexity index is 1300. The highest BCUT2D eigenvalue weighted by molar-refractivity contribution is 8.45. The van der Waals surface area contributed by atoms with Crippen LogP contribution in [0.5, 0.6) is 0 Å². The fraction of sp³-hybridized carbons (Fsp3) is 0.686. The first-order chi connectivity index (χ1) is 21.2. The number of hydrogen-bond acceptors (Lipinski definition) is 5. The summed E-state index contributed by atoms with van der Waals surface area (Å²) in [5.41, 5.74) is 3.28. The molecule has 1 spiro atoms. The number of hydrogen-bond donors (Lipinski definition) is 1.